The first kappa shape index (κ1) is 17.6. The van der Waals surface area contributed by atoms with E-state index in [9.17, 15) is 13.2 Å². The van der Waals surface area contributed by atoms with Gasteiger partial charge in [-0.2, -0.15) is 0 Å². The lowest BCUT2D eigenvalue weighted by Crippen LogP contribution is -2.57. The fourth-order valence-electron chi connectivity index (χ4n) is 2.65. The minimum absolute atomic E-state index is 0.0825. The smallest absolute Gasteiger partial charge is 0.261 e. The normalized spacial score (nSPS) is 15.4. The van der Waals surface area contributed by atoms with Gasteiger partial charge in [0.05, 0.1) is 25.2 Å². The number of nitrogens with zero attached hydrogens (tertiary/aromatic N) is 1. The van der Waals surface area contributed by atoms with E-state index in [1.165, 1.54) is 19.1 Å². The van der Waals surface area contributed by atoms with Gasteiger partial charge in [-0.05, 0) is 18.1 Å². The number of amides is 1. The molecule has 23 heavy (non-hydrogen) atoms. The van der Waals surface area contributed by atoms with Crippen LogP contribution in [0.15, 0.2) is 18.2 Å². The van der Waals surface area contributed by atoms with Gasteiger partial charge in [-0.15, -0.1) is 0 Å². The summed E-state index contributed by atoms with van der Waals surface area (Å²) < 4.78 is 34.8. The van der Waals surface area contributed by atoms with E-state index in [0.29, 0.717) is 17.1 Å². The number of methoxy groups -OCH3 is 2. The number of ether oxygens (including phenoxy) is 2. The molecule has 1 aliphatic rings. The second kappa shape index (κ2) is 6.78. The predicted octanol–water partition coefficient (Wildman–Crippen LogP) is 1.60. The Morgan fingerprint density at radius 1 is 1.22 bits per heavy atom. The van der Waals surface area contributed by atoms with Crippen molar-refractivity contribution < 1.29 is 22.7 Å². The largest absolute Gasteiger partial charge is 0.496 e. The van der Waals surface area contributed by atoms with Crippen molar-refractivity contribution in [1.29, 1.82) is 0 Å². The summed E-state index contributed by atoms with van der Waals surface area (Å²) >= 11 is 0. The summed E-state index contributed by atoms with van der Waals surface area (Å²) in [6.45, 7) is 4.18. The zero-order valence-corrected chi connectivity index (χ0v) is 14.7. The van der Waals surface area contributed by atoms with E-state index in [4.69, 9.17) is 9.47 Å². The van der Waals surface area contributed by atoms with Gasteiger partial charge in [-0.1, -0.05) is 19.9 Å². The monoisotopic (exact) mass is 341 g/mol. The third-order valence-corrected chi connectivity index (χ3v) is 6.30. The summed E-state index contributed by atoms with van der Waals surface area (Å²) in [7, 11) is -0.192. The zero-order valence-electron chi connectivity index (χ0n) is 13.9. The van der Waals surface area contributed by atoms with Crippen molar-refractivity contribution in [2.45, 2.75) is 19.1 Å². The Bertz CT molecular complexity index is 655. The molecule has 1 saturated heterocycles. The molecule has 2 rings (SSSR count). The number of rotatable bonds is 6. The first-order chi connectivity index (χ1) is 10.8. The number of carbonyl (C=O) groups is 1. The molecule has 1 fully saturated rings. The molecule has 6 nitrogen and oxygen atoms in total. The molecule has 0 aromatic heterocycles. The van der Waals surface area contributed by atoms with Crippen molar-refractivity contribution in [3.63, 3.8) is 0 Å². The van der Waals surface area contributed by atoms with E-state index in [1.54, 1.807) is 18.2 Å². The van der Waals surface area contributed by atoms with Crippen LogP contribution in [0.2, 0.25) is 0 Å². The number of sulfone groups is 1. The van der Waals surface area contributed by atoms with Gasteiger partial charge >= 0.3 is 0 Å². The third-order valence-electron chi connectivity index (χ3n) is 3.85. The third kappa shape index (κ3) is 3.60. The highest BCUT2D eigenvalue weighted by Crippen LogP contribution is 2.31. The molecule has 1 amide bonds. The van der Waals surface area contributed by atoms with Gasteiger partial charge in [0, 0.05) is 13.1 Å². The van der Waals surface area contributed by atoms with E-state index in [2.05, 4.69) is 0 Å². The average Bonchev–Trinajstić information content (AvgIpc) is 2.42. The molecule has 1 heterocycles. The number of hydrogen-bond acceptors (Lipinski definition) is 5. The lowest BCUT2D eigenvalue weighted by molar-refractivity contribution is 0.0651. The molecule has 0 spiro atoms. The van der Waals surface area contributed by atoms with Crippen LogP contribution in [-0.2, 0) is 9.84 Å². The molecule has 1 aromatic rings. The highest BCUT2D eigenvalue weighted by molar-refractivity contribution is 7.92. The van der Waals surface area contributed by atoms with Gasteiger partial charge in [-0.25, -0.2) is 8.42 Å². The van der Waals surface area contributed by atoms with Crippen molar-refractivity contribution in [2.24, 2.45) is 5.92 Å². The Morgan fingerprint density at radius 2 is 1.74 bits per heavy atom. The van der Waals surface area contributed by atoms with Crippen molar-refractivity contribution in [3.8, 4) is 11.5 Å². The molecule has 0 aliphatic carbocycles. The maximum atomic E-state index is 12.7. The maximum absolute atomic E-state index is 12.7. The van der Waals surface area contributed by atoms with Crippen LogP contribution in [0.1, 0.15) is 24.2 Å². The van der Waals surface area contributed by atoms with Crippen molar-refractivity contribution in [1.82, 2.24) is 4.90 Å². The molecule has 1 aromatic carbocycles. The summed E-state index contributed by atoms with van der Waals surface area (Å²) in [6.07, 6.45) is 0. The predicted molar refractivity (Wildman–Crippen MR) is 87.9 cm³/mol. The highest BCUT2D eigenvalue weighted by Gasteiger charge is 2.41. The molecule has 0 N–H and O–H groups in total. The van der Waals surface area contributed by atoms with Crippen LogP contribution in [0.5, 0.6) is 11.5 Å². The lowest BCUT2D eigenvalue weighted by Gasteiger charge is -2.39. The lowest BCUT2D eigenvalue weighted by atomic mass is 10.1. The van der Waals surface area contributed by atoms with Gasteiger partial charge in [0.2, 0.25) is 0 Å². The van der Waals surface area contributed by atoms with Crippen LogP contribution in [0.4, 0.5) is 0 Å². The van der Waals surface area contributed by atoms with Crippen molar-refractivity contribution in [3.05, 3.63) is 23.8 Å². The minimum atomic E-state index is -3.16. The molecule has 0 bridgehead atoms. The summed E-state index contributed by atoms with van der Waals surface area (Å²) in [5, 5.41) is -0.477. The Labute approximate surface area is 137 Å². The summed E-state index contributed by atoms with van der Waals surface area (Å²) in [6, 6.07) is 5.10. The van der Waals surface area contributed by atoms with Crippen LogP contribution in [-0.4, -0.2) is 57.5 Å². The van der Waals surface area contributed by atoms with E-state index in [-0.39, 0.29) is 30.7 Å². The van der Waals surface area contributed by atoms with Gasteiger partial charge < -0.3 is 14.4 Å². The summed E-state index contributed by atoms with van der Waals surface area (Å²) in [5.74, 6) is 0.803. The highest BCUT2D eigenvalue weighted by atomic mass is 32.2. The Kier molecular flexibility index (Phi) is 5.19. The molecule has 7 heteroatoms. The molecular weight excluding hydrogens is 318 g/mol. The van der Waals surface area contributed by atoms with Gasteiger partial charge in [0.15, 0.2) is 9.84 Å². The first-order valence-electron chi connectivity index (χ1n) is 7.52. The minimum Gasteiger partial charge on any atom is -0.496 e. The topological polar surface area (TPSA) is 72.9 Å². The second-order valence-electron chi connectivity index (χ2n) is 6.09. The van der Waals surface area contributed by atoms with E-state index in [0.717, 1.165) is 0 Å². The number of benzene rings is 1. The molecular formula is C16H23NO5S. The summed E-state index contributed by atoms with van der Waals surface area (Å²) in [4.78, 5) is 14.2. The Morgan fingerprint density at radius 3 is 2.17 bits per heavy atom. The molecule has 1 aliphatic heterocycles. The maximum Gasteiger partial charge on any atom is 0.261 e. The fraction of sp³-hybridized carbons (Fsp3) is 0.562. The fourth-order valence-corrected chi connectivity index (χ4v) is 4.67. The second-order valence-corrected chi connectivity index (χ2v) is 8.42. The number of carbonyl (C=O) groups excluding carboxylic acids is 1. The van der Waals surface area contributed by atoms with Crippen LogP contribution in [0.25, 0.3) is 0 Å². The standard InChI is InChI=1S/C16H23NO5S/c1-11(2)10-23(19,20)12-8-17(9-12)16(18)15-13(21-3)6-5-7-14(15)22-4/h5-7,11-12H,8-10H2,1-4H3. The van der Waals surface area contributed by atoms with Gasteiger partial charge in [0.1, 0.15) is 17.1 Å². The van der Waals surface area contributed by atoms with Crippen LogP contribution in [0, 0.1) is 5.92 Å². The van der Waals surface area contributed by atoms with Crippen LogP contribution < -0.4 is 9.47 Å². The SMILES string of the molecule is COc1cccc(OC)c1C(=O)N1CC(S(=O)(=O)CC(C)C)C1. The van der Waals surface area contributed by atoms with Crippen molar-refractivity contribution in [2.75, 3.05) is 33.1 Å². The molecule has 0 unspecified atom stereocenters. The van der Waals surface area contributed by atoms with E-state index >= 15 is 0 Å². The molecule has 0 atom stereocenters. The average molecular weight is 341 g/mol. The van der Waals surface area contributed by atoms with Crippen LogP contribution in [0.3, 0.4) is 0 Å². The van der Waals surface area contributed by atoms with E-state index in [1.807, 2.05) is 13.8 Å². The molecule has 0 radical (unpaired) electrons. The molecule has 128 valence electrons. The Hall–Kier alpha value is -1.76. The van der Waals surface area contributed by atoms with Gasteiger partial charge in [-0.3, -0.25) is 4.79 Å². The quantitative estimate of drug-likeness (QED) is 0.786. The number of hydrogen-bond donors (Lipinski definition) is 0. The Balaban J connectivity index is 2.14. The molecule has 0 saturated carbocycles. The van der Waals surface area contributed by atoms with Crippen LogP contribution >= 0.6 is 0 Å². The van der Waals surface area contributed by atoms with Crippen molar-refractivity contribution >= 4 is 15.7 Å². The van der Waals surface area contributed by atoms with E-state index < -0.39 is 15.1 Å². The first-order valence-corrected chi connectivity index (χ1v) is 9.23. The zero-order chi connectivity index (χ0) is 17.2. The summed E-state index contributed by atoms with van der Waals surface area (Å²) in [5.41, 5.74) is 0.331. The van der Waals surface area contributed by atoms with Gasteiger partial charge in [0.25, 0.3) is 5.91 Å². The number of likely N-dealkylation sites (tertiary alicyclic amines) is 1.